The van der Waals surface area contributed by atoms with E-state index in [1.54, 1.807) is 23.6 Å². The maximum Gasteiger partial charge on any atom is 0.345 e. The average Bonchev–Trinajstić information content (AvgIpc) is 2.76. The molecule has 0 saturated heterocycles. The summed E-state index contributed by atoms with van der Waals surface area (Å²) in [7, 11) is 0. The van der Waals surface area contributed by atoms with Crippen LogP contribution in [-0.2, 0) is 0 Å². The van der Waals surface area contributed by atoms with Crippen LogP contribution in [0.1, 0.15) is 20.9 Å². The molecular weight excluding hydrogens is 268 g/mol. The van der Waals surface area contributed by atoms with Crippen molar-refractivity contribution >= 4 is 29.1 Å². The summed E-state index contributed by atoms with van der Waals surface area (Å²) in [5, 5.41) is 20.2. The van der Waals surface area contributed by atoms with Crippen molar-refractivity contribution < 1.29 is 9.90 Å². The number of aryl methyl sites for hydroxylation is 1. The summed E-state index contributed by atoms with van der Waals surface area (Å²) in [5.41, 5.74) is 1.32. The topological polar surface area (TPSA) is 74.0 Å². The quantitative estimate of drug-likeness (QED) is 0.932. The Morgan fingerprint density at radius 3 is 2.89 bits per heavy atom. The molecular formula is C12H8N2O2S2. The van der Waals surface area contributed by atoms with Gasteiger partial charge in [0, 0.05) is 16.0 Å². The fraction of sp³-hybridized carbons (Fsp3) is 0.0833. The minimum absolute atomic E-state index is 0.297. The van der Waals surface area contributed by atoms with Crippen molar-refractivity contribution in [2.24, 2.45) is 0 Å². The van der Waals surface area contributed by atoms with E-state index in [-0.39, 0.29) is 0 Å². The summed E-state index contributed by atoms with van der Waals surface area (Å²) in [5.74, 6) is -0.929. The van der Waals surface area contributed by atoms with Crippen LogP contribution in [0.4, 0.5) is 0 Å². The summed E-state index contributed by atoms with van der Waals surface area (Å²) in [6.45, 7) is 1.82. The van der Waals surface area contributed by atoms with Crippen LogP contribution in [0.25, 0.3) is 0 Å². The zero-order valence-corrected chi connectivity index (χ0v) is 11.0. The molecule has 90 valence electrons. The van der Waals surface area contributed by atoms with Gasteiger partial charge in [-0.2, -0.15) is 5.26 Å². The first kappa shape index (κ1) is 12.6. The average molecular weight is 276 g/mol. The molecule has 0 aliphatic rings. The Labute approximate surface area is 112 Å². The lowest BCUT2D eigenvalue weighted by atomic mass is 10.2. The Hall–Kier alpha value is -1.84. The molecule has 6 heteroatoms. The van der Waals surface area contributed by atoms with E-state index in [2.05, 4.69) is 11.1 Å². The lowest BCUT2D eigenvalue weighted by Gasteiger charge is -2.00. The zero-order valence-electron chi connectivity index (χ0n) is 9.38. The number of nitrogens with zero attached hydrogens (tertiary/aromatic N) is 2. The number of aromatic nitrogens is 1. The molecule has 0 fully saturated rings. The van der Waals surface area contributed by atoms with Crippen molar-refractivity contribution in [3.8, 4) is 6.07 Å². The van der Waals surface area contributed by atoms with Gasteiger partial charge in [-0.3, -0.25) is 0 Å². The number of pyridine rings is 1. The summed E-state index contributed by atoms with van der Waals surface area (Å²) in [4.78, 5) is 16.2. The molecule has 2 rings (SSSR count). The number of nitriles is 1. The highest BCUT2D eigenvalue weighted by atomic mass is 32.2. The molecule has 0 aliphatic heterocycles. The lowest BCUT2D eigenvalue weighted by Crippen LogP contribution is -1.90. The van der Waals surface area contributed by atoms with Crippen LogP contribution in [-0.4, -0.2) is 16.1 Å². The largest absolute Gasteiger partial charge is 0.477 e. The number of carboxylic acid groups (broad SMARTS) is 1. The van der Waals surface area contributed by atoms with E-state index >= 15 is 0 Å². The molecule has 2 aromatic rings. The summed E-state index contributed by atoms with van der Waals surface area (Å²) in [6.07, 6.45) is 0. The normalized spacial score (nSPS) is 10.0. The molecule has 0 aliphatic carbocycles. The van der Waals surface area contributed by atoms with Crippen LogP contribution in [0.15, 0.2) is 33.5 Å². The molecule has 0 unspecified atom stereocenters. The van der Waals surface area contributed by atoms with Gasteiger partial charge < -0.3 is 5.11 Å². The molecule has 4 nitrogen and oxygen atoms in total. The van der Waals surface area contributed by atoms with E-state index in [0.29, 0.717) is 15.5 Å². The van der Waals surface area contributed by atoms with Gasteiger partial charge in [-0.25, -0.2) is 9.78 Å². The Morgan fingerprint density at radius 2 is 2.28 bits per heavy atom. The molecule has 0 saturated carbocycles. The fourth-order valence-corrected chi connectivity index (χ4v) is 3.17. The molecule has 0 bridgehead atoms. The second-order valence-corrected chi connectivity index (χ2v) is 5.51. The van der Waals surface area contributed by atoms with Gasteiger partial charge in [-0.15, -0.1) is 11.3 Å². The smallest absolute Gasteiger partial charge is 0.345 e. The Balaban J connectivity index is 2.25. The van der Waals surface area contributed by atoms with Gasteiger partial charge in [0.2, 0.25) is 0 Å². The van der Waals surface area contributed by atoms with Crippen molar-refractivity contribution in [2.45, 2.75) is 16.8 Å². The van der Waals surface area contributed by atoms with Crippen molar-refractivity contribution in [3.05, 3.63) is 39.7 Å². The Morgan fingerprint density at radius 1 is 1.50 bits per heavy atom. The third-order valence-corrected chi connectivity index (χ3v) is 4.02. The Bertz CT molecular complexity index is 644. The maximum absolute atomic E-state index is 10.8. The van der Waals surface area contributed by atoms with E-state index in [9.17, 15) is 4.79 Å². The highest BCUT2D eigenvalue weighted by molar-refractivity contribution is 7.99. The number of rotatable bonds is 3. The second kappa shape index (κ2) is 5.21. The van der Waals surface area contributed by atoms with Gasteiger partial charge in [-0.05, 0) is 25.1 Å². The van der Waals surface area contributed by atoms with Crippen LogP contribution in [0.5, 0.6) is 0 Å². The first-order valence-corrected chi connectivity index (χ1v) is 6.66. The second-order valence-electron chi connectivity index (χ2n) is 3.50. The molecule has 0 amide bonds. The summed E-state index contributed by atoms with van der Waals surface area (Å²) < 4.78 is 0. The maximum atomic E-state index is 10.8. The van der Waals surface area contributed by atoms with E-state index in [1.165, 1.54) is 23.1 Å². The van der Waals surface area contributed by atoms with E-state index in [4.69, 9.17) is 10.4 Å². The van der Waals surface area contributed by atoms with Crippen LogP contribution in [0, 0.1) is 18.3 Å². The number of carboxylic acids is 1. The van der Waals surface area contributed by atoms with Crippen molar-refractivity contribution in [3.63, 3.8) is 0 Å². The third-order valence-electron chi connectivity index (χ3n) is 2.07. The number of thiophene rings is 1. The molecule has 0 aromatic carbocycles. The van der Waals surface area contributed by atoms with Crippen LogP contribution in [0.2, 0.25) is 0 Å². The van der Waals surface area contributed by atoms with E-state index in [1.807, 2.05) is 6.92 Å². The van der Waals surface area contributed by atoms with Crippen molar-refractivity contribution in [1.82, 2.24) is 4.98 Å². The van der Waals surface area contributed by atoms with Gasteiger partial charge in [-0.1, -0.05) is 11.8 Å². The highest BCUT2D eigenvalue weighted by Crippen LogP contribution is 2.30. The molecule has 1 N–H and O–H groups in total. The molecule has 0 spiro atoms. The molecule has 18 heavy (non-hydrogen) atoms. The first-order chi connectivity index (χ1) is 8.58. The number of hydrogen-bond acceptors (Lipinski definition) is 5. The SMILES string of the molecule is Cc1cc(C#N)cc(Sc2csc(C(=O)O)c2)n1. The van der Waals surface area contributed by atoms with Crippen LogP contribution in [0.3, 0.4) is 0 Å². The number of hydrogen-bond donors (Lipinski definition) is 1. The number of carbonyl (C=O) groups is 1. The predicted molar refractivity (Wildman–Crippen MR) is 69.1 cm³/mol. The molecule has 0 radical (unpaired) electrons. The van der Waals surface area contributed by atoms with Gasteiger partial charge >= 0.3 is 5.97 Å². The monoisotopic (exact) mass is 276 g/mol. The first-order valence-electron chi connectivity index (χ1n) is 4.97. The molecule has 2 aromatic heterocycles. The van der Waals surface area contributed by atoms with Crippen molar-refractivity contribution in [1.29, 1.82) is 5.26 Å². The minimum Gasteiger partial charge on any atom is -0.477 e. The zero-order chi connectivity index (χ0) is 13.1. The Kier molecular flexibility index (Phi) is 3.65. The van der Waals surface area contributed by atoms with Gasteiger partial charge in [0.1, 0.15) is 9.90 Å². The summed E-state index contributed by atoms with van der Waals surface area (Å²) >= 11 is 2.53. The van der Waals surface area contributed by atoms with Crippen LogP contribution < -0.4 is 0 Å². The van der Waals surface area contributed by atoms with Crippen molar-refractivity contribution in [2.75, 3.05) is 0 Å². The third kappa shape index (κ3) is 2.88. The van der Waals surface area contributed by atoms with E-state index < -0.39 is 5.97 Å². The van der Waals surface area contributed by atoms with E-state index in [0.717, 1.165) is 10.6 Å². The predicted octanol–water partition coefficient (Wildman–Crippen LogP) is 3.17. The highest BCUT2D eigenvalue weighted by Gasteiger charge is 2.09. The molecule has 2 heterocycles. The molecule has 0 atom stereocenters. The standard InChI is InChI=1S/C12H8N2O2S2/c1-7-2-8(5-13)3-11(14-7)18-9-4-10(12(15)16)17-6-9/h2-4,6H,1H3,(H,15,16). The van der Waals surface area contributed by atoms with Gasteiger partial charge in [0.25, 0.3) is 0 Å². The van der Waals surface area contributed by atoms with Gasteiger partial charge in [0.15, 0.2) is 0 Å². The fourth-order valence-electron chi connectivity index (χ4n) is 1.36. The lowest BCUT2D eigenvalue weighted by molar-refractivity contribution is 0.0702. The minimum atomic E-state index is -0.929. The number of aromatic carboxylic acids is 1. The summed E-state index contributed by atoms with van der Waals surface area (Å²) in [6, 6.07) is 7.08. The van der Waals surface area contributed by atoms with Crippen LogP contribution >= 0.6 is 23.1 Å². The van der Waals surface area contributed by atoms with Gasteiger partial charge in [0.05, 0.1) is 11.6 Å².